The van der Waals surface area contributed by atoms with E-state index in [1.54, 1.807) is 0 Å². The number of ether oxygens (including phenoxy) is 2. The topological polar surface area (TPSA) is 38.8 Å². The van der Waals surface area contributed by atoms with Gasteiger partial charge in [0.25, 0.3) is 0 Å². The van der Waals surface area contributed by atoms with Gasteiger partial charge in [-0.05, 0) is 6.42 Å². The standard InChI is InChI=1S/C11H19I2NO3/c1-2-3-11(12,13)10(15)17-9-6-14-4-7-16-8-5-14/h2-9H2,1H3. The van der Waals surface area contributed by atoms with Gasteiger partial charge in [-0.25, -0.2) is 4.79 Å². The second-order valence-electron chi connectivity index (χ2n) is 4.04. The van der Waals surface area contributed by atoms with Gasteiger partial charge in [0.2, 0.25) is 0 Å². The van der Waals surface area contributed by atoms with Crippen LogP contribution in [-0.4, -0.2) is 51.8 Å². The van der Waals surface area contributed by atoms with E-state index in [1.807, 2.05) is 0 Å². The third-order valence-corrected chi connectivity index (χ3v) is 4.57. The van der Waals surface area contributed by atoms with Crippen LogP contribution < -0.4 is 0 Å². The Balaban J connectivity index is 2.18. The quantitative estimate of drug-likeness (QED) is 0.342. The van der Waals surface area contributed by atoms with Crippen LogP contribution in [0.25, 0.3) is 0 Å². The zero-order chi connectivity index (χ0) is 12.7. The Hall–Kier alpha value is 0.850. The summed E-state index contributed by atoms with van der Waals surface area (Å²) in [6, 6.07) is 0. The van der Waals surface area contributed by atoms with Crippen LogP contribution >= 0.6 is 45.2 Å². The fourth-order valence-corrected chi connectivity index (χ4v) is 3.00. The summed E-state index contributed by atoms with van der Waals surface area (Å²) >= 11 is 4.35. The highest BCUT2D eigenvalue weighted by molar-refractivity contribution is 14.2. The molecule has 0 aliphatic carbocycles. The van der Waals surface area contributed by atoms with Crippen molar-refractivity contribution in [2.75, 3.05) is 39.5 Å². The number of rotatable bonds is 6. The molecule has 17 heavy (non-hydrogen) atoms. The summed E-state index contributed by atoms with van der Waals surface area (Å²) in [6.07, 6.45) is 1.84. The summed E-state index contributed by atoms with van der Waals surface area (Å²) in [5, 5.41) is 0. The minimum atomic E-state index is -0.407. The molecule has 1 heterocycles. The molecule has 1 rings (SSSR count). The van der Waals surface area contributed by atoms with Gasteiger partial charge in [0.1, 0.15) is 6.61 Å². The van der Waals surface area contributed by atoms with E-state index in [1.165, 1.54) is 0 Å². The lowest BCUT2D eigenvalue weighted by Crippen LogP contribution is -2.39. The summed E-state index contributed by atoms with van der Waals surface area (Å²) in [5.41, 5.74) is 0. The molecule has 0 aromatic carbocycles. The van der Waals surface area contributed by atoms with Crippen LogP contribution in [0.5, 0.6) is 0 Å². The average molecular weight is 467 g/mol. The van der Waals surface area contributed by atoms with Gasteiger partial charge in [-0.2, -0.15) is 0 Å². The molecule has 0 spiro atoms. The predicted molar refractivity (Wildman–Crippen MR) is 83.9 cm³/mol. The van der Waals surface area contributed by atoms with Gasteiger partial charge in [0, 0.05) is 19.6 Å². The van der Waals surface area contributed by atoms with Gasteiger partial charge in [-0.1, -0.05) is 58.5 Å². The molecule has 1 saturated heterocycles. The van der Waals surface area contributed by atoms with Crippen molar-refractivity contribution in [2.45, 2.75) is 21.2 Å². The molecule has 0 aromatic heterocycles. The van der Waals surface area contributed by atoms with Gasteiger partial charge in [-0.15, -0.1) is 0 Å². The second-order valence-corrected chi connectivity index (χ2v) is 9.79. The number of alkyl halides is 2. The first kappa shape index (κ1) is 15.9. The lowest BCUT2D eigenvalue weighted by atomic mass is 10.2. The number of morpholine rings is 1. The van der Waals surface area contributed by atoms with Gasteiger partial charge < -0.3 is 9.47 Å². The predicted octanol–water partition coefficient (Wildman–Crippen LogP) is 2.23. The van der Waals surface area contributed by atoms with Crippen molar-refractivity contribution >= 4 is 51.2 Å². The zero-order valence-corrected chi connectivity index (χ0v) is 14.4. The molecule has 0 radical (unpaired) electrons. The van der Waals surface area contributed by atoms with E-state index in [-0.39, 0.29) is 5.97 Å². The number of carbonyl (C=O) groups excluding carboxylic acids is 1. The number of esters is 1. The van der Waals surface area contributed by atoms with Crippen molar-refractivity contribution in [1.82, 2.24) is 4.90 Å². The summed E-state index contributed by atoms with van der Waals surface area (Å²) in [7, 11) is 0. The maximum atomic E-state index is 11.8. The largest absolute Gasteiger partial charge is 0.463 e. The van der Waals surface area contributed by atoms with E-state index in [0.717, 1.165) is 45.7 Å². The van der Waals surface area contributed by atoms with Gasteiger partial charge >= 0.3 is 5.97 Å². The van der Waals surface area contributed by atoms with E-state index in [2.05, 4.69) is 57.0 Å². The third-order valence-electron chi connectivity index (χ3n) is 2.61. The number of halogens is 2. The van der Waals surface area contributed by atoms with Crippen LogP contribution in [0.2, 0.25) is 0 Å². The molecule has 0 unspecified atom stereocenters. The first-order valence-corrected chi connectivity index (χ1v) is 8.07. The summed E-state index contributed by atoms with van der Waals surface area (Å²) in [4.78, 5) is 14.1. The highest BCUT2D eigenvalue weighted by Gasteiger charge is 2.32. The maximum absolute atomic E-state index is 11.8. The Bertz CT molecular complexity index is 243. The highest BCUT2D eigenvalue weighted by atomic mass is 127. The molecule has 0 N–H and O–H groups in total. The van der Waals surface area contributed by atoms with Gasteiger partial charge in [0.05, 0.1) is 13.2 Å². The SMILES string of the molecule is CCCC(I)(I)C(=O)OCCN1CCOCC1. The molecule has 1 aliphatic rings. The zero-order valence-electron chi connectivity index (χ0n) is 10.1. The van der Waals surface area contributed by atoms with E-state index >= 15 is 0 Å². The Kier molecular flexibility index (Phi) is 7.59. The molecule has 0 aromatic rings. The summed E-state index contributed by atoms with van der Waals surface area (Å²) in [5.74, 6) is -0.103. The molecule has 100 valence electrons. The Morgan fingerprint density at radius 3 is 2.65 bits per heavy atom. The number of hydrogen-bond donors (Lipinski definition) is 0. The molecule has 0 bridgehead atoms. The smallest absolute Gasteiger partial charge is 0.332 e. The van der Waals surface area contributed by atoms with Crippen LogP contribution in [0.4, 0.5) is 0 Å². The molecule has 0 saturated carbocycles. The van der Waals surface area contributed by atoms with E-state index < -0.39 is 1.43 Å². The second kappa shape index (κ2) is 8.11. The van der Waals surface area contributed by atoms with Gasteiger partial charge in [0.15, 0.2) is 1.43 Å². The molecule has 0 atom stereocenters. The Morgan fingerprint density at radius 2 is 2.06 bits per heavy atom. The van der Waals surface area contributed by atoms with Crippen molar-refractivity contribution in [3.63, 3.8) is 0 Å². The van der Waals surface area contributed by atoms with Crippen LogP contribution in [0.15, 0.2) is 0 Å². The maximum Gasteiger partial charge on any atom is 0.332 e. The number of carbonyl (C=O) groups is 1. The Labute approximate surface area is 130 Å². The summed E-state index contributed by atoms with van der Waals surface area (Å²) in [6.45, 7) is 6.81. The molecular formula is C11H19I2NO3. The van der Waals surface area contributed by atoms with Crippen molar-refractivity contribution in [1.29, 1.82) is 0 Å². The Morgan fingerprint density at radius 1 is 1.41 bits per heavy atom. The van der Waals surface area contributed by atoms with E-state index in [0.29, 0.717) is 6.61 Å². The van der Waals surface area contributed by atoms with E-state index in [4.69, 9.17) is 9.47 Å². The lowest BCUT2D eigenvalue weighted by molar-refractivity contribution is -0.143. The average Bonchev–Trinajstić information content (AvgIpc) is 2.30. The molecule has 1 aliphatic heterocycles. The van der Waals surface area contributed by atoms with Crippen LogP contribution in [0.1, 0.15) is 19.8 Å². The summed E-state index contributed by atoms with van der Waals surface area (Å²) < 4.78 is 10.2. The van der Waals surface area contributed by atoms with Crippen molar-refractivity contribution in [2.24, 2.45) is 0 Å². The normalized spacial score (nSPS) is 18.1. The van der Waals surface area contributed by atoms with Gasteiger partial charge in [-0.3, -0.25) is 4.90 Å². The fraction of sp³-hybridized carbons (Fsp3) is 0.909. The first-order valence-electron chi connectivity index (χ1n) is 5.91. The van der Waals surface area contributed by atoms with E-state index in [9.17, 15) is 4.79 Å². The number of hydrogen-bond acceptors (Lipinski definition) is 4. The molecule has 6 heteroatoms. The fourth-order valence-electron chi connectivity index (χ4n) is 1.61. The van der Waals surface area contributed by atoms with Crippen molar-refractivity contribution in [3.05, 3.63) is 0 Å². The van der Waals surface area contributed by atoms with Crippen LogP contribution in [0.3, 0.4) is 0 Å². The monoisotopic (exact) mass is 467 g/mol. The number of nitrogens with zero attached hydrogens (tertiary/aromatic N) is 1. The first-order chi connectivity index (χ1) is 8.06. The van der Waals surface area contributed by atoms with Crippen molar-refractivity contribution in [3.8, 4) is 0 Å². The van der Waals surface area contributed by atoms with Crippen LogP contribution in [0, 0.1) is 0 Å². The highest BCUT2D eigenvalue weighted by Crippen LogP contribution is 2.34. The van der Waals surface area contributed by atoms with Crippen molar-refractivity contribution < 1.29 is 14.3 Å². The molecule has 1 fully saturated rings. The minimum Gasteiger partial charge on any atom is -0.463 e. The lowest BCUT2D eigenvalue weighted by Gasteiger charge is -2.26. The molecular weight excluding hydrogens is 448 g/mol. The third kappa shape index (κ3) is 6.02. The molecule has 4 nitrogen and oxygen atoms in total. The van der Waals surface area contributed by atoms with Crippen LogP contribution in [-0.2, 0) is 14.3 Å². The minimum absolute atomic E-state index is 0.103. The molecule has 0 amide bonds.